The molecule has 17 heavy (non-hydrogen) atoms. The molecule has 1 aromatic heterocycles. The summed E-state index contributed by atoms with van der Waals surface area (Å²) >= 11 is 0. The van der Waals surface area contributed by atoms with Gasteiger partial charge < -0.3 is 15.5 Å². The van der Waals surface area contributed by atoms with Crippen LogP contribution >= 0.6 is 0 Å². The number of rotatable bonds is 4. The summed E-state index contributed by atoms with van der Waals surface area (Å²) in [7, 11) is 1.40. The average molecular weight is 241 g/mol. The van der Waals surface area contributed by atoms with Gasteiger partial charge in [-0.3, -0.25) is 14.3 Å². The molecule has 1 atom stereocenters. The van der Waals surface area contributed by atoms with E-state index < -0.39 is 23.9 Å². The molecule has 8 heteroatoms. The van der Waals surface area contributed by atoms with Crippen molar-refractivity contribution in [3.63, 3.8) is 0 Å². The zero-order valence-electron chi connectivity index (χ0n) is 9.17. The Labute approximate surface area is 95.9 Å². The van der Waals surface area contributed by atoms with Gasteiger partial charge in [-0.2, -0.15) is 5.10 Å². The number of carboxylic acids is 2. The van der Waals surface area contributed by atoms with E-state index in [0.717, 1.165) is 10.9 Å². The Bertz CT molecular complexity index is 479. The van der Waals surface area contributed by atoms with E-state index in [1.807, 2.05) is 0 Å². The number of aromatic nitrogens is 2. The molecule has 1 rings (SSSR count). The van der Waals surface area contributed by atoms with Crippen LogP contribution in [0.1, 0.15) is 27.8 Å². The van der Waals surface area contributed by atoms with Gasteiger partial charge in [0.1, 0.15) is 17.3 Å². The molecule has 1 heterocycles. The van der Waals surface area contributed by atoms with Crippen LogP contribution in [-0.4, -0.2) is 43.9 Å². The highest BCUT2D eigenvalue weighted by Gasteiger charge is 2.24. The monoisotopic (exact) mass is 241 g/mol. The number of aromatic carboxylic acids is 1. The summed E-state index contributed by atoms with van der Waals surface area (Å²) in [5.74, 6) is -3.30. The highest BCUT2D eigenvalue weighted by atomic mass is 16.4. The first-order valence-corrected chi connectivity index (χ1v) is 4.63. The first-order valence-electron chi connectivity index (χ1n) is 4.63. The number of aryl methyl sites for hydroxylation is 1. The SMILES string of the molecule is CC(NC(=O)c1c(C(=O)O)cnn1C)C(=O)O. The van der Waals surface area contributed by atoms with Gasteiger partial charge in [-0.15, -0.1) is 0 Å². The molecule has 0 aliphatic heterocycles. The summed E-state index contributed by atoms with van der Waals surface area (Å²) < 4.78 is 1.08. The van der Waals surface area contributed by atoms with Gasteiger partial charge in [0.25, 0.3) is 5.91 Å². The van der Waals surface area contributed by atoms with Crippen molar-refractivity contribution in [1.29, 1.82) is 0 Å². The Morgan fingerprint density at radius 2 is 2.00 bits per heavy atom. The summed E-state index contributed by atoms with van der Waals surface area (Å²) in [6.45, 7) is 1.27. The summed E-state index contributed by atoms with van der Waals surface area (Å²) in [6, 6.07) is -1.11. The molecular weight excluding hydrogens is 230 g/mol. The van der Waals surface area contributed by atoms with Crippen LogP contribution in [0.15, 0.2) is 6.20 Å². The van der Waals surface area contributed by atoms with Crippen LogP contribution in [-0.2, 0) is 11.8 Å². The van der Waals surface area contributed by atoms with Crippen LogP contribution in [0, 0.1) is 0 Å². The molecule has 0 saturated heterocycles. The molecular formula is C9H11N3O5. The molecule has 0 aliphatic carbocycles. The second-order valence-corrected chi connectivity index (χ2v) is 3.37. The second-order valence-electron chi connectivity index (χ2n) is 3.37. The zero-order chi connectivity index (χ0) is 13.2. The van der Waals surface area contributed by atoms with E-state index in [1.54, 1.807) is 0 Å². The van der Waals surface area contributed by atoms with E-state index in [2.05, 4.69) is 10.4 Å². The van der Waals surface area contributed by atoms with Gasteiger partial charge in [0.15, 0.2) is 0 Å². The van der Waals surface area contributed by atoms with E-state index in [9.17, 15) is 14.4 Å². The molecule has 92 valence electrons. The number of carbonyl (C=O) groups excluding carboxylic acids is 1. The van der Waals surface area contributed by atoms with Crippen molar-refractivity contribution < 1.29 is 24.6 Å². The molecule has 0 spiro atoms. The van der Waals surface area contributed by atoms with Crippen molar-refractivity contribution >= 4 is 17.8 Å². The van der Waals surface area contributed by atoms with Gasteiger partial charge in [-0.05, 0) is 6.92 Å². The molecule has 0 aliphatic rings. The Kier molecular flexibility index (Phi) is 3.46. The van der Waals surface area contributed by atoms with E-state index in [-0.39, 0.29) is 11.3 Å². The number of nitrogens with one attached hydrogen (secondary N) is 1. The van der Waals surface area contributed by atoms with Crippen molar-refractivity contribution in [1.82, 2.24) is 15.1 Å². The lowest BCUT2D eigenvalue weighted by molar-refractivity contribution is -0.138. The number of hydrogen-bond acceptors (Lipinski definition) is 4. The predicted octanol–water partition coefficient (Wildman–Crippen LogP) is -0.679. The molecule has 1 amide bonds. The van der Waals surface area contributed by atoms with Gasteiger partial charge in [0.2, 0.25) is 0 Å². The standard InChI is InChI=1S/C9H11N3O5/c1-4(8(14)15)11-7(13)6-5(9(16)17)3-10-12(6)2/h3-4H,1-2H3,(H,11,13)(H,14,15)(H,16,17). The third kappa shape index (κ3) is 2.60. The highest BCUT2D eigenvalue weighted by molar-refractivity contribution is 6.04. The molecule has 0 bridgehead atoms. The number of hydrogen-bond donors (Lipinski definition) is 3. The van der Waals surface area contributed by atoms with E-state index in [1.165, 1.54) is 14.0 Å². The Balaban J connectivity index is 3.00. The van der Waals surface area contributed by atoms with E-state index in [0.29, 0.717) is 0 Å². The summed E-state index contributed by atoms with van der Waals surface area (Å²) in [5.41, 5.74) is -0.465. The molecule has 0 radical (unpaired) electrons. The lowest BCUT2D eigenvalue weighted by atomic mass is 10.2. The summed E-state index contributed by atoms with van der Waals surface area (Å²) in [6.07, 6.45) is 1.03. The Morgan fingerprint density at radius 3 is 2.47 bits per heavy atom. The smallest absolute Gasteiger partial charge is 0.339 e. The minimum Gasteiger partial charge on any atom is -0.480 e. The predicted molar refractivity (Wildman–Crippen MR) is 54.7 cm³/mol. The van der Waals surface area contributed by atoms with Crippen molar-refractivity contribution in [2.45, 2.75) is 13.0 Å². The molecule has 0 saturated carbocycles. The molecule has 3 N–H and O–H groups in total. The Hall–Kier alpha value is -2.38. The fourth-order valence-corrected chi connectivity index (χ4v) is 1.19. The van der Waals surface area contributed by atoms with Crippen LogP contribution in [0.4, 0.5) is 0 Å². The number of aliphatic carboxylic acids is 1. The van der Waals surface area contributed by atoms with E-state index >= 15 is 0 Å². The minimum absolute atomic E-state index is 0.189. The Morgan fingerprint density at radius 1 is 1.41 bits per heavy atom. The van der Waals surface area contributed by atoms with Crippen LogP contribution < -0.4 is 5.32 Å². The average Bonchev–Trinajstić information content (AvgIpc) is 2.59. The number of carboxylic acid groups (broad SMARTS) is 2. The summed E-state index contributed by atoms with van der Waals surface area (Å²) in [5, 5.41) is 23.2. The number of nitrogens with zero attached hydrogens (tertiary/aromatic N) is 2. The van der Waals surface area contributed by atoms with Crippen molar-refractivity contribution in [3.05, 3.63) is 17.5 Å². The highest BCUT2D eigenvalue weighted by Crippen LogP contribution is 2.07. The molecule has 1 unspecified atom stereocenters. The molecule has 1 aromatic rings. The first kappa shape index (κ1) is 12.7. The van der Waals surface area contributed by atoms with Crippen LogP contribution in [0.3, 0.4) is 0 Å². The lowest BCUT2D eigenvalue weighted by Gasteiger charge is -2.09. The van der Waals surface area contributed by atoms with Crippen LogP contribution in [0.5, 0.6) is 0 Å². The van der Waals surface area contributed by atoms with Gasteiger partial charge in [0, 0.05) is 7.05 Å². The molecule has 0 aromatic carbocycles. The van der Waals surface area contributed by atoms with Gasteiger partial charge in [-0.1, -0.05) is 0 Å². The third-order valence-electron chi connectivity index (χ3n) is 2.10. The quantitative estimate of drug-likeness (QED) is 0.642. The third-order valence-corrected chi connectivity index (χ3v) is 2.10. The topological polar surface area (TPSA) is 122 Å². The second kappa shape index (κ2) is 4.64. The van der Waals surface area contributed by atoms with Crippen molar-refractivity contribution in [2.24, 2.45) is 7.05 Å². The number of carbonyl (C=O) groups is 3. The maximum Gasteiger partial charge on any atom is 0.339 e. The largest absolute Gasteiger partial charge is 0.480 e. The van der Waals surface area contributed by atoms with Gasteiger partial charge in [-0.25, -0.2) is 4.79 Å². The normalized spacial score (nSPS) is 11.9. The minimum atomic E-state index is -1.30. The first-order chi connectivity index (χ1) is 7.84. The summed E-state index contributed by atoms with van der Waals surface area (Å²) in [4.78, 5) is 33.0. The zero-order valence-corrected chi connectivity index (χ0v) is 9.17. The fraction of sp³-hybridized carbons (Fsp3) is 0.333. The van der Waals surface area contributed by atoms with Gasteiger partial charge in [0.05, 0.1) is 6.20 Å². The van der Waals surface area contributed by atoms with Crippen molar-refractivity contribution in [2.75, 3.05) is 0 Å². The van der Waals surface area contributed by atoms with Crippen LogP contribution in [0.25, 0.3) is 0 Å². The maximum absolute atomic E-state index is 11.7. The molecule has 0 fully saturated rings. The molecule has 8 nitrogen and oxygen atoms in total. The number of amides is 1. The maximum atomic E-state index is 11.7. The van der Waals surface area contributed by atoms with E-state index in [4.69, 9.17) is 10.2 Å². The van der Waals surface area contributed by atoms with Gasteiger partial charge >= 0.3 is 11.9 Å². The lowest BCUT2D eigenvalue weighted by Crippen LogP contribution is -2.39. The fourth-order valence-electron chi connectivity index (χ4n) is 1.19. The van der Waals surface area contributed by atoms with Crippen LogP contribution in [0.2, 0.25) is 0 Å². The van der Waals surface area contributed by atoms with Crippen molar-refractivity contribution in [3.8, 4) is 0 Å².